The minimum atomic E-state index is -0.215. The molecule has 0 unspecified atom stereocenters. The molecule has 3 rings (SSSR count). The number of morpholine rings is 1. The second-order valence-corrected chi connectivity index (χ2v) is 4.81. The number of anilines is 2. The lowest BCUT2D eigenvalue weighted by molar-refractivity contribution is 0.122. The second-order valence-electron chi connectivity index (χ2n) is 4.81. The summed E-state index contributed by atoms with van der Waals surface area (Å²) in [7, 11) is 0. The maximum absolute atomic E-state index is 13.6. The van der Waals surface area contributed by atoms with Crippen LogP contribution in [0.15, 0.2) is 36.7 Å². The highest BCUT2D eigenvalue weighted by Crippen LogP contribution is 2.16. The fourth-order valence-electron chi connectivity index (χ4n) is 2.24. The number of ether oxygens (including phenoxy) is 1. The van der Waals surface area contributed by atoms with Gasteiger partial charge in [-0.2, -0.15) is 0 Å². The largest absolute Gasteiger partial charge is 0.378 e. The number of benzene rings is 1. The number of halogens is 1. The molecule has 5 nitrogen and oxygen atoms in total. The van der Waals surface area contributed by atoms with Crippen LogP contribution in [-0.4, -0.2) is 36.3 Å². The Kier molecular flexibility index (Phi) is 4.25. The summed E-state index contributed by atoms with van der Waals surface area (Å²) in [5.74, 6) is 1.34. The molecule has 1 fully saturated rings. The molecule has 2 heterocycles. The van der Waals surface area contributed by atoms with Crippen molar-refractivity contribution in [3.8, 4) is 0 Å². The van der Waals surface area contributed by atoms with Crippen LogP contribution in [0.3, 0.4) is 0 Å². The molecular weight excluding hydrogens is 271 g/mol. The van der Waals surface area contributed by atoms with E-state index in [0.717, 1.165) is 18.9 Å². The Hall–Kier alpha value is -2.21. The molecule has 0 radical (unpaired) electrons. The van der Waals surface area contributed by atoms with E-state index in [4.69, 9.17) is 4.74 Å². The van der Waals surface area contributed by atoms with Gasteiger partial charge in [0.1, 0.15) is 23.8 Å². The first kappa shape index (κ1) is 13.8. The second kappa shape index (κ2) is 6.49. The van der Waals surface area contributed by atoms with Crippen molar-refractivity contribution in [2.24, 2.45) is 0 Å². The highest BCUT2D eigenvalue weighted by Gasteiger charge is 2.13. The van der Waals surface area contributed by atoms with Gasteiger partial charge in [-0.25, -0.2) is 14.4 Å². The molecule has 1 N–H and O–H groups in total. The van der Waals surface area contributed by atoms with E-state index in [1.165, 1.54) is 12.4 Å². The molecule has 21 heavy (non-hydrogen) atoms. The van der Waals surface area contributed by atoms with Gasteiger partial charge in [0.05, 0.1) is 13.2 Å². The van der Waals surface area contributed by atoms with Crippen LogP contribution in [0.4, 0.5) is 16.0 Å². The minimum absolute atomic E-state index is 0.215. The van der Waals surface area contributed by atoms with Gasteiger partial charge in [-0.1, -0.05) is 18.2 Å². The molecule has 6 heteroatoms. The standard InChI is InChI=1S/C15H17FN4O/c16-13-4-2-1-3-12(13)10-17-14-9-15(19-11-18-14)20-5-7-21-8-6-20/h1-4,9,11H,5-8,10H2,(H,17,18,19). The zero-order valence-electron chi connectivity index (χ0n) is 11.6. The van der Waals surface area contributed by atoms with Gasteiger partial charge in [-0.3, -0.25) is 0 Å². The molecule has 0 amide bonds. The molecule has 1 aliphatic heterocycles. The SMILES string of the molecule is Fc1ccccc1CNc1cc(N2CCOCC2)ncn1. The van der Waals surface area contributed by atoms with Crippen molar-refractivity contribution in [3.63, 3.8) is 0 Å². The topological polar surface area (TPSA) is 50.3 Å². The molecule has 1 aromatic heterocycles. The van der Waals surface area contributed by atoms with Crippen LogP contribution >= 0.6 is 0 Å². The molecule has 0 spiro atoms. The van der Waals surface area contributed by atoms with Crippen molar-refractivity contribution in [3.05, 3.63) is 48.0 Å². The molecule has 0 bridgehead atoms. The van der Waals surface area contributed by atoms with E-state index in [-0.39, 0.29) is 5.82 Å². The molecule has 2 aromatic rings. The zero-order chi connectivity index (χ0) is 14.5. The van der Waals surface area contributed by atoms with Gasteiger partial charge in [-0.15, -0.1) is 0 Å². The molecule has 0 saturated carbocycles. The first-order valence-electron chi connectivity index (χ1n) is 6.95. The van der Waals surface area contributed by atoms with Gasteiger partial charge in [0.15, 0.2) is 0 Å². The van der Waals surface area contributed by atoms with Crippen molar-refractivity contribution in [1.29, 1.82) is 0 Å². The van der Waals surface area contributed by atoms with E-state index in [1.807, 2.05) is 12.1 Å². The van der Waals surface area contributed by atoms with Crippen molar-refractivity contribution >= 4 is 11.6 Å². The lowest BCUT2D eigenvalue weighted by atomic mass is 10.2. The molecule has 0 aliphatic carbocycles. The zero-order valence-corrected chi connectivity index (χ0v) is 11.6. The average Bonchev–Trinajstić information content (AvgIpc) is 2.55. The number of rotatable bonds is 4. The number of aromatic nitrogens is 2. The Balaban J connectivity index is 1.67. The van der Waals surface area contributed by atoms with Crippen LogP contribution in [0.2, 0.25) is 0 Å². The maximum Gasteiger partial charge on any atom is 0.134 e. The van der Waals surface area contributed by atoms with Crippen molar-refractivity contribution in [2.75, 3.05) is 36.5 Å². The Morgan fingerprint density at radius 1 is 1.19 bits per heavy atom. The third-order valence-electron chi connectivity index (χ3n) is 3.41. The van der Waals surface area contributed by atoms with Gasteiger partial charge in [0.2, 0.25) is 0 Å². The van der Waals surface area contributed by atoms with E-state index in [0.29, 0.717) is 31.1 Å². The van der Waals surface area contributed by atoms with Crippen LogP contribution in [0.5, 0.6) is 0 Å². The van der Waals surface area contributed by atoms with E-state index in [2.05, 4.69) is 20.2 Å². The Bertz CT molecular complexity index is 602. The van der Waals surface area contributed by atoms with Gasteiger partial charge in [0, 0.05) is 31.3 Å². The normalized spacial score (nSPS) is 15.0. The summed E-state index contributed by atoms with van der Waals surface area (Å²) in [6.07, 6.45) is 1.52. The van der Waals surface area contributed by atoms with Crippen LogP contribution in [0, 0.1) is 5.82 Å². The highest BCUT2D eigenvalue weighted by atomic mass is 19.1. The van der Waals surface area contributed by atoms with Gasteiger partial charge < -0.3 is 15.0 Å². The Morgan fingerprint density at radius 2 is 2.00 bits per heavy atom. The molecule has 0 atom stereocenters. The maximum atomic E-state index is 13.6. The summed E-state index contributed by atoms with van der Waals surface area (Å²) in [5, 5.41) is 3.13. The van der Waals surface area contributed by atoms with Gasteiger partial charge in [0.25, 0.3) is 0 Å². The highest BCUT2D eigenvalue weighted by molar-refractivity contribution is 5.48. The predicted molar refractivity (Wildman–Crippen MR) is 78.8 cm³/mol. The first-order valence-corrected chi connectivity index (χ1v) is 6.95. The van der Waals surface area contributed by atoms with Crippen molar-refractivity contribution in [1.82, 2.24) is 9.97 Å². The summed E-state index contributed by atoms with van der Waals surface area (Å²) < 4.78 is 18.9. The monoisotopic (exact) mass is 288 g/mol. The number of nitrogens with one attached hydrogen (secondary N) is 1. The van der Waals surface area contributed by atoms with E-state index in [9.17, 15) is 4.39 Å². The molecule has 1 aliphatic rings. The van der Waals surface area contributed by atoms with Crippen LogP contribution in [-0.2, 0) is 11.3 Å². The number of nitrogens with zero attached hydrogens (tertiary/aromatic N) is 3. The van der Waals surface area contributed by atoms with E-state index >= 15 is 0 Å². The lowest BCUT2D eigenvalue weighted by Gasteiger charge is -2.27. The predicted octanol–water partition coefficient (Wildman–Crippen LogP) is 2.06. The third kappa shape index (κ3) is 3.46. The van der Waals surface area contributed by atoms with E-state index < -0.39 is 0 Å². The number of hydrogen-bond acceptors (Lipinski definition) is 5. The van der Waals surface area contributed by atoms with Crippen molar-refractivity contribution in [2.45, 2.75) is 6.54 Å². The van der Waals surface area contributed by atoms with Gasteiger partial charge >= 0.3 is 0 Å². The summed E-state index contributed by atoms with van der Waals surface area (Å²) in [4.78, 5) is 10.6. The smallest absolute Gasteiger partial charge is 0.134 e. The third-order valence-corrected chi connectivity index (χ3v) is 3.41. The molecular formula is C15H17FN4O. The lowest BCUT2D eigenvalue weighted by Crippen LogP contribution is -2.36. The molecule has 110 valence electrons. The minimum Gasteiger partial charge on any atom is -0.378 e. The van der Waals surface area contributed by atoms with Crippen LogP contribution in [0.25, 0.3) is 0 Å². The fourth-order valence-corrected chi connectivity index (χ4v) is 2.24. The van der Waals surface area contributed by atoms with Crippen LogP contribution in [0.1, 0.15) is 5.56 Å². The summed E-state index contributed by atoms with van der Waals surface area (Å²) >= 11 is 0. The molecule has 1 saturated heterocycles. The van der Waals surface area contributed by atoms with Crippen molar-refractivity contribution < 1.29 is 9.13 Å². The van der Waals surface area contributed by atoms with E-state index in [1.54, 1.807) is 12.1 Å². The summed E-state index contributed by atoms with van der Waals surface area (Å²) in [6.45, 7) is 3.46. The Morgan fingerprint density at radius 3 is 2.81 bits per heavy atom. The Labute approximate surface area is 122 Å². The average molecular weight is 288 g/mol. The van der Waals surface area contributed by atoms with Gasteiger partial charge in [-0.05, 0) is 6.07 Å². The van der Waals surface area contributed by atoms with Crippen LogP contribution < -0.4 is 10.2 Å². The first-order chi connectivity index (χ1) is 10.3. The summed E-state index contributed by atoms with van der Waals surface area (Å²) in [5.41, 5.74) is 0.615. The summed E-state index contributed by atoms with van der Waals surface area (Å²) in [6, 6.07) is 8.59. The fraction of sp³-hybridized carbons (Fsp3) is 0.333. The number of hydrogen-bond donors (Lipinski definition) is 1. The molecule has 1 aromatic carbocycles. The quantitative estimate of drug-likeness (QED) is 0.933.